The van der Waals surface area contributed by atoms with E-state index in [1.807, 2.05) is 0 Å². The van der Waals surface area contributed by atoms with Gasteiger partial charge in [-0.15, -0.1) is 5.11 Å². The molecule has 1 fully saturated rings. The topological polar surface area (TPSA) is 58.1 Å². The second-order valence-electron chi connectivity index (χ2n) is 8.08. The zero-order valence-electron chi connectivity index (χ0n) is 17.2. The summed E-state index contributed by atoms with van der Waals surface area (Å²) in [5, 5.41) is -0.580. The predicted octanol–water partition coefficient (Wildman–Crippen LogP) is 0.610. The van der Waals surface area contributed by atoms with Crippen LogP contribution in [0, 0.1) is 5.82 Å². The summed E-state index contributed by atoms with van der Waals surface area (Å²) in [5.41, 5.74) is -1.32. The van der Waals surface area contributed by atoms with Gasteiger partial charge in [0.2, 0.25) is 0 Å². The monoisotopic (exact) mass is 444 g/mol. The second kappa shape index (κ2) is 9.22. The highest BCUT2D eigenvalue weighted by atomic mass is 35.5. The van der Waals surface area contributed by atoms with E-state index in [9.17, 15) is 9.18 Å². The third-order valence-electron chi connectivity index (χ3n) is 5.23. The number of rotatable bonds is 6. The Morgan fingerprint density at radius 3 is 2.47 bits per heavy atom. The normalized spacial score (nSPS) is 20.8. The molecule has 32 heavy (non-hydrogen) atoms. The minimum absolute atomic E-state index is 0.00729. The van der Waals surface area contributed by atoms with E-state index in [2.05, 4.69) is 15.3 Å². The van der Waals surface area contributed by atoms with Crippen molar-refractivity contribution >= 4 is 56.7 Å². The van der Waals surface area contributed by atoms with Crippen LogP contribution in [0.15, 0.2) is 30.6 Å². The molecule has 1 amide bonds. The lowest BCUT2D eigenvalue weighted by molar-refractivity contribution is 0.0252. The SMILES string of the molecule is [B]C([B])([B])c1cnc(CNCC2(F)CCN(C(=O)c3ccc(F)c(Cl)c3)C([B])([B])C2)nc1. The minimum Gasteiger partial charge on any atom is -0.350 e. The van der Waals surface area contributed by atoms with Gasteiger partial charge in [-0.25, -0.2) is 18.7 Å². The predicted molar refractivity (Wildman–Crippen MR) is 122 cm³/mol. The second-order valence-corrected chi connectivity index (χ2v) is 8.49. The summed E-state index contributed by atoms with van der Waals surface area (Å²) in [4.78, 5) is 22.1. The molecule has 1 N–H and O–H groups in total. The van der Waals surface area contributed by atoms with Gasteiger partial charge in [-0.2, -0.15) is 0 Å². The van der Waals surface area contributed by atoms with Gasteiger partial charge in [-0.05, 0) is 35.5 Å². The van der Waals surface area contributed by atoms with Crippen LogP contribution in [-0.2, 0) is 11.7 Å². The molecule has 2 aromatic rings. The molecule has 0 spiro atoms. The quantitative estimate of drug-likeness (QED) is 0.665. The molecule has 1 aliphatic heterocycles. The number of amides is 1. The lowest BCUT2D eigenvalue weighted by Gasteiger charge is -2.49. The van der Waals surface area contributed by atoms with Crippen LogP contribution in [-0.4, -0.2) is 84.1 Å². The molecular weight excluding hydrogens is 428 g/mol. The zero-order valence-corrected chi connectivity index (χ0v) is 17.9. The lowest BCUT2D eigenvalue weighted by atomic mass is 9.40. The molecule has 3 rings (SSSR count). The van der Waals surface area contributed by atoms with Gasteiger partial charge in [0, 0.05) is 37.5 Å². The molecule has 13 heteroatoms. The van der Waals surface area contributed by atoms with E-state index < -0.39 is 27.8 Å². The molecule has 1 unspecified atom stereocenters. The van der Waals surface area contributed by atoms with Crippen LogP contribution in [0.2, 0.25) is 5.02 Å². The zero-order chi connectivity index (χ0) is 23.7. The summed E-state index contributed by atoms with van der Waals surface area (Å²) < 4.78 is 28.8. The van der Waals surface area contributed by atoms with E-state index in [1.54, 1.807) is 0 Å². The summed E-state index contributed by atoms with van der Waals surface area (Å²) >= 11 is 5.75. The number of piperidine rings is 1. The van der Waals surface area contributed by atoms with Gasteiger partial charge in [0.25, 0.3) is 5.91 Å². The van der Waals surface area contributed by atoms with Crippen molar-refractivity contribution in [2.75, 3.05) is 13.1 Å². The van der Waals surface area contributed by atoms with E-state index in [4.69, 9.17) is 50.8 Å². The Labute approximate surface area is 197 Å². The van der Waals surface area contributed by atoms with E-state index in [-0.39, 0.29) is 43.1 Å². The maximum atomic E-state index is 15.4. The number of benzene rings is 1. The average Bonchev–Trinajstić information content (AvgIpc) is 2.68. The molecule has 1 aliphatic rings. The third-order valence-corrected chi connectivity index (χ3v) is 5.52. The Kier molecular flexibility index (Phi) is 7.15. The number of aromatic nitrogens is 2. The van der Waals surface area contributed by atoms with Crippen molar-refractivity contribution in [3.8, 4) is 0 Å². The fourth-order valence-electron chi connectivity index (χ4n) is 3.51. The van der Waals surface area contributed by atoms with Crippen LogP contribution in [0.3, 0.4) is 0 Å². The molecule has 2 heterocycles. The third kappa shape index (κ3) is 5.76. The number of carbonyl (C=O) groups is 1. The molecule has 0 aliphatic carbocycles. The highest BCUT2D eigenvalue weighted by molar-refractivity contribution is 6.58. The molecule has 5 nitrogen and oxygen atoms in total. The van der Waals surface area contributed by atoms with Crippen molar-refractivity contribution in [1.29, 1.82) is 0 Å². The Morgan fingerprint density at radius 2 is 1.91 bits per heavy atom. The van der Waals surface area contributed by atoms with Crippen molar-refractivity contribution in [2.45, 2.75) is 35.5 Å². The molecule has 1 aromatic carbocycles. The maximum absolute atomic E-state index is 15.4. The number of nitrogens with zero attached hydrogens (tertiary/aromatic N) is 3. The number of likely N-dealkylation sites (tertiary alicyclic amines) is 1. The van der Waals surface area contributed by atoms with Crippen LogP contribution >= 0.6 is 11.6 Å². The van der Waals surface area contributed by atoms with Gasteiger partial charge in [0.05, 0.1) is 50.8 Å². The van der Waals surface area contributed by atoms with Crippen molar-refractivity contribution < 1.29 is 13.6 Å². The molecule has 1 aromatic heterocycles. The van der Waals surface area contributed by atoms with Crippen molar-refractivity contribution in [2.24, 2.45) is 0 Å². The van der Waals surface area contributed by atoms with Crippen molar-refractivity contribution in [3.63, 3.8) is 0 Å². The summed E-state index contributed by atoms with van der Waals surface area (Å²) in [6, 6.07) is 3.53. The van der Waals surface area contributed by atoms with E-state index in [0.717, 1.165) is 11.0 Å². The molecular formula is C19H16B5ClF2N4O. The molecule has 0 saturated carbocycles. The summed E-state index contributed by atoms with van der Waals surface area (Å²) in [5.74, 6) is -0.833. The number of halogens is 3. The Hall–Kier alpha value is -1.80. The fourth-order valence-corrected chi connectivity index (χ4v) is 3.69. The van der Waals surface area contributed by atoms with Gasteiger partial charge in [-0.1, -0.05) is 11.6 Å². The van der Waals surface area contributed by atoms with Gasteiger partial charge in [0.15, 0.2) is 0 Å². The number of nitrogens with one attached hydrogen (secondary N) is 1. The fraction of sp³-hybridized carbons (Fsp3) is 0.421. The maximum Gasteiger partial charge on any atom is 0.253 e. The van der Waals surface area contributed by atoms with Crippen molar-refractivity contribution in [1.82, 2.24) is 20.2 Å². The van der Waals surface area contributed by atoms with Gasteiger partial charge in [0.1, 0.15) is 17.3 Å². The summed E-state index contributed by atoms with van der Waals surface area (Å²) in [7, 11) is 28.9. The van der Waals surface area contributed by atoms with E-state index in [0.29, 0.717) is 11.4 Å². The highest BCUT2D eigenvalue weighted by Crippen LogP contribution is 2.35. The number of hydrogen-bond donors (Lipinski definition) is 1. The van der Waals surface area contributed by atoms with E-state index in [1.165, 1.54) is 24.5 Å². The minimum atomic E-state index is -1.78. The Morgan fingerprint density at radius 1 is 1.25 bits per heavy atom. The first-order valence-electron chi connectivity index (χ1n) is 9.73. The Bertz CT molecular complexity index is 993. The average molecular weight is 444 g/mol. The number of hydrogen-bond acceptors (Lipinski definition) is 4. The Balaban J connectivity index is 1.60. The highest BCUT2D eigenvalue weighted by Gasteiger charge is 2.45. The smallest absolute Gasteiger partial charge is 0.253 e. The van der Waals surface area contributed by atoms with Crippen LogP contribution < -0.4 is 5.32 Å². The largest absolute Gasteiger partial charge is 0.350 e. The molecule has 10 radical (unpaired) electrons. The van der Waals surface area contributed by atoms with Gasteiger partial charge >= 0.3 is 0 Å². The number of carbonyl (C=O) groups excluding carboxylic acids is 1. The molecule has 1 saturated heterocycles. The van der Waals surface area contributed by atoms with E-state index >= 15 is 4.39 Å². The van der Waals surface area contributed by atoms with Gasteiger partial charge < -0.3 is 10.2 Å². The number of alkyl halides is 1. The molecule has 154 valence electrons. The molecule has 0 bridgehead atoms. The van der Waals surface area contributed by atoms with Crippen LogP contribution in [0.5, 0.6) is 0 Å². The summed E-state index contributed by atoms with van der Waals surface area (Å²) in [6.07, 6.45) is 2.47. The first-order valence-corrected chi connectivity index (χ1v) is 10.1. The standard InChI is InChI=1S/C19H16B5ClF2N4O/c20-18(21)9-17(27,10-28-8-15-29-6-12(7-30-15)19(22,23)24)3-4-31(18)16(32)11-1-2-14(26)13(25)5-11/h1-2,5-7,28H,3-4,8-10H2. The lowest BCUT2D eigenvalue weighted by Crippen LogP contribution is -2.62. The summed E-state index contributed by atoms with van der Waals surface area (Å²) in [6.45, 7) is 0.0423. The van der Waals surface area contributed by atoms with Gasteiger partial charge in [-0.3, -0.25) is 4.79 Å². The van der Waals surface area contributed by atoms with Crippen molar-refractivity contribution in [3.05, 3.63) is 58.4 Å². The van der Waals surface area contributed by atoms with Crippen LogP contribution in [0.4, 0.5) is 8.78 Å². The van der Waals surface area contributed by atoms with Crippen LogP contribution in [0.1, 0.15) is 34.6 Å². The first kappa shape index (κ1) is 24.8. The molecule has 1 atom stereocenters. The first-order chi connectivity index (χ1) is 14.8. The van der Waals surface area contributed by atoms with Crippen LogP contribution in [0.25, 0.3) is 0 Å².